The quantitative estimate of drug-likeness (QED) is 0.369. The van der Waals surface area contributed by atoms with Crippen LogP contribution in [0.1, 0.15) is 11.1 Å². The second-order valence-corrected chi connectivity index (χ2v) is 9.57. The van der Waals surface area contributed by atoms with Crippen molar-refractivity contribution in [3.05, 3.63) is 47.5 Å². The SMILES string of the molecule is COc1ccc(C[C@H]2COC(=O)[C@@H]2Cc2ccc(O[C@@H]3OC[C@@H](OC)[C@H](OC)[C@H]3OC)c(OC)c2)cc1OC. The highest BCUT2D eigenvalue weighted by atomic mass is 16.7. The van der Waals surface area contributed by atoms with E-state index in [4.69, 9.17) is 42.6 Å². The number of carbonyl (C=O) groups is 1. The fourth-order valence-corrected chi connectivity index (χ4v) is 5.26. The molecule has 2 fully saturated rings. The first-order valence-corrected chi connectivity index (χ1v) is 12.9. The molecule has 0 bridgehead atoms. The molecule has 0 saturated carbocycles. The standard InChI is InChI=1S/C29H38O10/c1-31-21-9-7-17(13-23(21)32-2)11-19-15-37-28(30)20(19)12-18-8-10-22(24(14-18)33-3)39-29-27(36-6)26(35-5)25(34-4)16-38-29/h7-10,13-14,19-20,25-27,29H,11-12,15-16H2,1-6H3/t19-,20+,25+,26-,27+,29-/m0/s1. The van der Waals surface area contributed by atoms with Crippen LogP contribution in [0.5, 0.6) is 23.0 Å². The highest BCUT2D eigenvalue weighted by molar-refractivity contribution is 5.75. The Bertz CT molecular complexity index is 1110. The van der Waals surface area contributed by atoms with Crippen molar-refractivity contribution < 1.29 is 47.4 Å². The lowest BCUT2D eigenvalue weighted by atomic mass is 9.85. The van der Waals surface area contributed by atoms with E-state index in [-0.39, 0.29) is 30.0 Å². The Kier molecular flexibility index (Phi) is 9.90. The predicted octanol–water partition coefficient (Wildman–Crippen LogP) is 3.07. The molecule has 0 spiro atoms. The van der Waals surface area contributed by atoms with E-state index in [1.807, 2.05) is 36.4 Å². The van der Waals surface area contributed by atoms with E-state index in [1.54, 1.807) is 42.7 Å². The molecule has 0 aromatic heterocycles. The van der Waals surface area contributed by atoms with Gasteiger partial charge in [0.25, 0.3) is 0 Å². The molecule has 10 nitrogen and oxygen atoms in total. The Balaban J connectivity index is 1.47. The Morgan fingerprint density at radius 1 is 0.718 bits per heavy atom. The molecule has 2 aromatic rings. The lowest BCUT2D eigenvalue weighted by molar-refractivity contribution is -0.259. The van der Waals surface area contributed by atoms with Crippen LogP contribution in [0.3, 0.4) is 0 Å². The number of cyclic esters (lactones) is 1. The average Bonchev–Trinajstić information content (AvgIpc) is 3.31. The Morgan fingerprint density at radius 3 is 1.95 bits per heavy atom. The van der Waals surface area contributed by atoms with Crippen molar-refractivity contribution in [2.24, 2.45) is 11.8 Å². The summed E-state index contributed by atoms with van der Waals surface area (Å²) in [5.74, 6) is 1.88. The zero-order chi connectivity index (χ0) is 27.9. The second-order valence-electron chi connectivity index (χ2n) is 9.57. The summed E-state index contributed by atoms with van der Waals surface area (Å²) in [6.07, 6.45) is -0.682. The van der Waals surface area contributed by atoms with Crippen LogP contribution >= 0.6 is 0 Å². The lowest BCUT2D eigenvalue weighted by Crippen LogP contribution is -2.57. The molecule has 214 valence electrons. The van der Waals surface area contributed by atoms with Crippen LogP contribution in [0.2, 0.25) is 0 Å². The topological polar surface area (TPSA) is 100 Å². The van der Waals surface area contributed by atoms with Gasteiger partial charge < -0.3 is 42.6 Å². The van der Waals surface area contributed by atoms with Crippen molar-refractivity contribution in [2.45, 2.75) is 37.4 Å². The molecule has 0 aliphatic carbocycles. The van der Waals surface area contributed by atoms with E-state index >= 15 is 0 Å². The number of esters is 1. The molecule has 6 atom stereocenters. The molecule has 10 heteroatoms. The van der Waals surface area contributed by atoms with Crippen molar-refractivity contribution in [3.8, 4) is 23.0 Å². The van der Waals surface area contributed by atoms with Crippen LogP contribution in [0, 0.1) is 11.8 Å². The molecule has 2 heterocycles. The Morgan fingerprint density at radius 2 is 1.33 bits per heavy atom. The van der Waals surface area contributed by atoms with Crippen LogP contribution in [0.15, 0.2) is 36.4 Å². The summed E-state index contributed by atoms with van der Waals surface area (Å²) in [4.78, 5) is 12.7. The predicted molar refractivity (Wildman–Crippen MR) is 141 cm³/mol. The first-order chi connectivity index (χ1) is 19.0. The third kappa shape index (κ3) is 6.41. The highest BCUT2D eigenvalue weighted by Gasteiger charge is 2.43. The van der Waals surface area contributed by atoms with Gasteiger partial charge in [0.2, 0.25) is 6.29 Å². The van der Waals surface area contributed by atoms with Gasteiger partial charge in [0.15, 0.2) is 23.0 Å². The van der Waals surface area contributed by atoms with E-state index in [9.17, 15) is 4.79 Å². The van der Waals surface area contributed by atoms with Gasteiger partial charge in [0.05, 0.1) is 40.5 Å². The van der Waals surface area contributed by atoms with Gasteiger partial charge >= 0.3 is 5.97 Å². The van der Waals surface area contributed by atoms with E-state index in [2.05, 4.69) is 0 Å². The average molecular weight is 547 g/mol. The lowest BCUT2D eigenvalue weighted by Gasteiger charge is -2.40. The molecule has 0 N–H and O–H groups in total. The molecular weight excluding hydrogens is 508 g/mol. The van der Waals surface area contributed by atoms with Gasteiger partial charge in [-0.05, 0) is 48.2 Å². The van der Waals surface area contributed by atoms with Gasteiger partial charge in [-0.1, -0.05) is 12.1 Å². The zero-order valence-electron chi connectivity index (χ0n) is 23.3. The van der Waals surface area contributed by atoms with E-state index in [0.717, 1.165) is 11.1 Å². The minimum absolute atomic E-state index is 0.0235. The zero-order valence-corrected chi connectivity index (χ0v) is 23.3. The second kappa shape index (κ2) is 13.3. The minimum atomic E-state index is -0.721. The maximum Gasteiger partial charge on any atom is 0.309 e. The normalized spacial score (nSPS) is 26.7. The summed E-state index contributed by atoms with van der Waals surface area (Å²) in [6.45, 7) is 0.669. The van der Waals surface area contributed by atoms with E-state index < -0.39 is 12.4 Å². The summed E-state index contributed by atoms with van der Waals surface area (Å²) in [7, 11) is 9.57. The van der Waals surface area contributed by atoms with Crippen molar-refractivity contribution in [3.63, 3.8) is 0 Å². The fraction of sp³-hybridized carbons (Fsp3) is 0.552. The number of benzene rings is 2. The molecular formula is C29H38O10. The Labute approximate surface area is 229 Å². The third-order valence-electron chi connectivity index (χ3n) is 7.41. The first-order valence-electron chi connectivity index (χ1n) is 12.9. The van der Waals surface area contributed by atoms with Crippen molar-refractivity contribution in [1.29, 1.82) is 0 Å². The number of carbonyl (C=O) groups excluding carboxylic acids is 1. The summed E-state index contributed by atoms with van der Waals surface area (Å²) in [6, 6.07) is 11.4. The van der Waals surface area contributed by atoms with Crippen LogP contribution in [-0.4, -0.2) is 86.4 Å². The number of rotatable bonds is 12. The van der Waals surface area contributed by atoms with Crippen molar-refractivity contribution in [1.82, 2.24) is 0 Å². The van der Waals surface area contributed by atoms with Gasteiger partial charge in [-0.2, -0.15) is 0 Å². The van der Waals surface area contributed by atoms with Crippen LogP contribution in [-0.2, 0) is 41.3 Å². The smallest absolute Gasteiger partial charge is 0.309 e. The van der Waals surface area contributed by atoms with Crippen LogP contribution in [0.25, 0.3) is 0 Å². The number of ether oxygens (including phenoxy) is 9. The van der Waals surface area contributed by atoms with Gasteiger partial charge in [-0.15, -0.1) is 0 Å². The molecule has 0 amide bonds. The molecule has 39 heavy (non-hydrogen) atoms. The molecule has 4 rings (SSSR count). The third-order valence-corrected chi connectivity index (χ3v) is 7.41. The van der Waals surface area contributed by atoms with Crippen molar-refractivity contribution in [2.75, 3.05) is 55.9 Å². The van der Waals surface area contributed by atoms with Crippen LogP contribution in [0.4, 0.5) is 0 Å². The largest absolute Gasteiger partial charge is 0.493 e. The maximum atomic E-state index is 12.7. The molecule has 2 aliphatic heterocycles. The maximum absolute atomic E-state index is 12.7. The first kappa shape index (κ1) is 28.9. The highest BCUT2D eigenvalue weighted by Crippen LogP contribution is 2.36. The van der Waals surface area contributed by atoms with Crippen LogP contribution < -0.4 is 18.9 Å². The van der Waals surface area contributed by atoms with Crippen molar-refractivity contribution >= 4 is 5.97 Å². The molecule has 2 saturated heterocycles. The van der Waals surface area contributed by atoms with E-state index in [1.165, 1.54) is 0 Å². The summed E-state index contributed by atoms with van der Waals surface area (Å²) >= 11 is 0. The summed E-state index contributed by atoms with van der Waals surface area (Å²) < 4.78 is 50.6. The summed E-state index contributed by atoms with van der Waals surface area (Å²) in [5.41, 5.74) is 1.98. The number of hydrogen-bond donors (Lipinski definition) is 0. The summed E-state index contributed by atoms with van der Waals surface area (Å²) in [5, 5.41) is 0. The Hall–Kier alpha value is -3.05. The number of methoxy groups -OCH3 is 6. The number of hydrogen-bond acceptors (Lipinski definition) is 10. The van der Waals surface area contributed by atoms with Gasteiger partial charge in [-0.3, -0.25) is 4.79 Å². The molecule has 0 radical (unpaired) electrons. The molecule has 2 aliphatic rings. The monoisotopic (exact) mass is 546 g/mol. The fourth-order valence-electron chi connectivity index (χ4n) is 5.26. The molecule has 0 unspecified atom stereocenters. The minimum Gasteiger partial charge on any atom is -0.493 e. The molecule has 2 aromatic carbocycles. The van der Waals surface area contributed by atoms with Gasteiger partial charge in [0.1, 0.15) is 18.3 Å². The van der Waals surface area contributed by atoms with Gasteiger partial charge in [0, 0.05) is 27.2 Å². The van der Waals surface area contributed by atoms with Gasteiger partial charge in [-0.25, -0.2) is 0 Å². The van der Waals surface area contributed by atoms with E-state index in [0.29, 0.717) is 49.1 Å².